The van der Waals surface area contributed by atoms with Crippen LogP contribution < -0.4 is 10.6 Å². The maximum Gasteiger partial charge on any atom is 0.334 e. The Hall–Kier alpha value is -5.17. The Bertz CT molecular complexity index is 2170. The first-order chi connectivity index (χ1) is 19.2. The summed E-state index contributed by atoms with van der Waals surface area (Å²) in [6.07, 6.45) is 0.747. The van der Waals surface area contributed by atoms with Gasteiger partial charge in [0.05, 0.1) is 33.3 Å². The quantitative estimate of drug-likeness (QED) is 0.286. The summed E-state index contributed by atoms with van der Waals surface area (Å²) in [5.41, 5.74) is 7.32. The van der Waals surface area contributed by atoms with Gasteiger partial charge in [0.15, 0.2) is 5.65 Å². The van der Waals surface area contributed by atoms with Crippen LogP contribution in [0.1, 0.15) is 6.42 Å². The van der Waals surface area contributed by atoms with Crippen molar-refractivity contribution in [3.8, 4) is 11.4 Å². The maximum absolute atomic E-state index is 13.9. The lowest BCUT2D eigenvalue weighted by Crippen LogP contribution is -2.32. The van der Waals surface area contributed by atoms with Gasteiger partial charge in [-0.1, -0.05) is 55.1 Å². The first kappa shape index (κ1) is 21.9. The average molecular weight is 509 g/mol. The summed E-state index contributed by atoms with van der Waals surface area (Å²) >= 11 is 0. The first-order valence-corrected chi connectivity index (χ1v) is 13.1. The Labute approximate surface area is 223 Å². The summed E-state index contributed by atoms with van der Waals surface area (Å²) in [5.74, 6) is 1.78. The summed E-state index contributed by atoms with van der Waals surface area (Å²) < 4.78 is 5.77. The molecule has 3 aromatic heterocycles. The molecule has 0 saturated heterocycles. The Morgan fingerprint density at radius 3 is 2.21 bits per heavy atom. The smallest absolute Gasteiger partial charge is 0.327 e. The molecule has 4 heterocycles. The van der Waals surface area contributed by atoms with Gasteiger partial charge in [-0.15, -0.1) is 0 Å². The Kier molecular flexibility index (Phi) is 4.58. The van der Waals surface area contributed by atoms with Gasteiger partial charge in [-0.3, -0.25) is 9.13 Å². The van der Waals surface area contributed by atoms with E-state index in [9.17, 15) is 4.79 Å². The van der Waals surface area contributed by atoms with Crippen LogP contribution in [0.25, 0.3) is 55.8 Å². The van der Waals surface area contributed by atoms with Gasteiger partial charge in [0.1, 0.15) is 11.6 Å². The third-order valence-electron chi connectivity index (χ3n) is 7.75. The van der Waals surface area contributed by atoms with Crippen molar-refractivity contribution in [1.29, 1.82) is 0 Å². The molecule has 8 rings (SSSR count). The van der Waals surface area contributed by atoms with Crippen LogP contribution >= 0.6 is 0 Å². The van der Waals surface area contributed by atoms with E-state index in [1.807, 2.05) is 83.4 Å². The molecule has 1 aliphatic heterocycles. The van der Waals surface area contributed by atoms with Gasteiger partial charge >= 0.3 is 5.69 Å². The van der Waals surface area contributed by atoms with Crippen LogP contribution in [0.15, 0.2) is 108 Å². The number of nitrogens with zero attached hydrogens (tertiary/aromatic N) is 6. The molecule has 0 unspecified atom stereocenters. The number of benzene rings is 4. The molecule has 0 bridgehead atoms. The predicted octanol–water partition coefficient (Wildman–Crippen LogP) is 6.16. The molecule has 4 aromatic carbocycles. The summed E-state index contributed by atoms with van der Waals surface area (Å²) in [6.45, 7) is 5.75. The number of hydrogen-bond acceptors (Lipinski definition) is 4. The Balaban J connectivity index is 1.20. The third-order valence-corrected chi connectivity index (χ3v) is 7.75. The number of aromatic nitrogens is 5. The van der Waals surface area contributed by atoms with E-state index >= 15 is 0 Å². The summed E-state index contributed by atoms with van der Waals surface area (Å²) in [6, 6.07) is 32.3. The zero-order valence-corrected chi connectivity index (χ0v) is 21.2. The van der Waals surface area contributed by atoms with E-state index in [1.54, 1.807) is 4.40 Å². The van der Waals surface area contributed by atoms with E-state index in [-0.39, 0.29) is 5.69 Å². The highest BCUT2D eigenvalue weighted by atomic mass is 16.1. The molecule has 0 radical (unpaired) electrons. The number of hydrogen-bond donors (Lipinski definition) is 0. The van der Waals surface area contributed by atoms with E-state index in [0.717, 1.165) is 62.3 Å². The molecule has 188 valence electrons. The summed E-state index contributed by atoms with van der Waals surface area (Å²) in [5, 5.41) is 0.968. The van der Waals surface area contributed by atoms with Gasteiger partial charge in [-0.05, 0) is 55.0 Å². The van der Waals surface area contributed by atoms with Crippen LogP contribution in [0.5, 0.6) is 0 Å². The summed E-state index contributed by atoms with van der Waals surface area (Å²) in [7, 11) is 0. The van der Waals surface area contributed by atoms with Gasteiger partial charge in [0.25, 0.3) is 0 Å². The van der Waals surface area contributed by atoms with Crippen LogP contribution in [0, 0.1) is 0 Å². The molecule has 0 amide bonds. The molecule has 0 N–H and O–H groups in total. The molecule has 7 aromatic rings. The van der Waals surface area contributed by atoms with E-state index in [0.29, 0.717) is 18.7 Å². The fourth-order valence-electron chi connectivity index (χ4n) is 6.00. The average Bonchev–Trinajstić information content (AvgIpc) is 3.56. The minimum Gasteiger partial charge on any atom is -0.327 e. The second kappa shape index (κ2) is 8.16. The van der Waals surface area contributed by atoms with Crippen molar-refractivity contribution in [2.45, 2.75) is 13.0 Å². The number of rotatable bonds is 4. The molecule has 0 spiro atoms. The molecule has 39 heavy (non-hydrogen) atoms. The zero-order chi connectivity index (χ0) is 26.1. The highest BCUT2D eigenvalue weighted by Crippen LogP contribution is 2.41. The minimum absolute atomic E-state index is 0.0711. The minimum atomic E-state index is -0.0711. The highest BCUT2D eigenvalue weighted by molar-refractivity contribution is 5.97. The number of para-hydroxylation sites is 6. The van der Waals surface area contributed by atoms with Gasteiger partial charge in [-0.25, -0.2) is 19.2 Å². The molecule has 1 aliphatic rings. The molecule has 7 nitrogen and oxygen atoms in total. The normalized spacial score (nSPS) is 13.0. The largest absolute Gasteiger partial charge is 0.334 e. The lowest BCUT2D eigenvalue weighted by Gasteiger charge is -2.34. The highest BCUT2D eigenvalue weighted by Gasteiger charge is 2.28. The molecule has 0 fully saturated rings. The topological polar surface area (TPSA) is 60.4 Å². The second-order valence-electron chi connectivity index (χ2n) is 9.91. The van der Waals surface area contributed by atoms with Gasteiger partial charge in [0.2, 0.25) is 0 Å². The van der Waals surface area contributed by atoms with Crippen molar-refractivity contribution in [1.82, 2.24) is 23.5 Å². The molecular formula is C32H24N6O. The fraction of sp³-hybridized carbons (Fsp3) is 0.0938. The van der Waals surface area contributed by atoms with Crippen molar-refractivity contribution in [2.75, 3.05) is 11.4 Å². The van der Waals surface area contributed by atoms with Gasteiger partial charge < -0.3 is 4.90 Å². The molecule has 7 heteroatoms. The van der Waals surface area contributed by atoms with Gasteiger partial charge in [0, 0.05) is 24.0 Å². The van der Waals surface area contributed by atoms with Crippen LogP contribution in [-0.4, -0.2) is 30.0 Å². The van der Waals surface area contributed by atoms with Crippen molar-refractivity contribution in [3.05, 3.63) is 114 Å². The van der Waals surface area contributed by atoms with Crippen molar-refractivity contribution >= 4 is 50.1 Å². The van der Waals surface area contributed by atoms with Crippen molar-refractivity contribution in [3.63, 3.8) is 0 Å². The van der Waals surface area contributed by atoms with Crippen LogP contribution in [0.2, 0.25) is 0 Å². The molecular weight excluding hydrogens is 484 g/mol. The Morgan fingerprint density at radius 1 is 0.692 bits per heavy atom. The zero-order valence-electron chi connectivity index (χ0n) is 21.2. The number of imidazole rings is 2. The second-order valence-corrected chi connectivity index (χ2v) is 9.91. The van der Waals surface area contributed by atoms with E-state index in [1.165, 1.54) is 0 Å². The standard InChI is InChI=1S/C32H24N6O/c1-21-35(26-15-6-2-11-22(26)30-33-24-13-4-8-17-28(24)37(21)30)19-10-20-36-27-16-7-3-12-23(27)31-34-25-14-5-9-18-29(25)38(31)32(36)39/h2-9,11-18H,1,10,19-20H2. The predicted molar refractivity (Wildman–Crippen MR) is 157 cm³/mol. The van der Waals surface area contributed by atoms with E-state index in [2.05, 4.69) is 34.2 Å². The van der Waals surface area contributed by atoms with Crippen molar-refractivity contribution < 1.29 is 0 Å². The molecule has 0 aliphatic carbocycles. The first-order valence-electron chi connectivity index (χ1n) is 13.1. The lowest BCUT2D eigenvalue weighted by molar-refractivity contribution is 0.625. The monoisotopic (exact) mass is 508 g/mol. The number of aryl methyl sites for hydroxylation is 1. The maximum atomic E-state index is 13.9. The lowest BCUT2D eigenvalue weighted by atomic mass is 10.1. The number of fused-ring (bicyclic) bond motifs is 10. The third kappa shape index (κ3) is 3.07. The van der Waals surface area contributed by atoms with Crippen LogP contribution in [0.3, 0.4) is 0 Å². The Morgan fingerprint density at radius 2 is 1.36 bits per heavy atom. The van der Waals surface area contributed by atoms with Crippen LogP contribution in [0.4, 0.5) is 5.69 Å². The fourth-order valence-corrected chi connectivity index (χ4v) is 6.00. The van der Waals surface area contributed by atoms with Crippen LogP contribution in [-0.2, 0) is 6.54 Å². The molecule has 0 atom stereocenters. The van der Waals surface area contributed by atoms with Crippen molar-refractivity contribution in [2.24, 2.45) is 0 Å². The number of anilines is 1. The summed E-state index contributed by atoms with van der Waals surface area (Å²) in [4.78, 5) is 25.8. The van der Waals surface area contributed by atoms with E-state index in [4.69, 9.17) is 9.97 Å². The SMILES string of the molecule is C=C1N(CCCn2c(=O)n3c4ccccc4nc3c3ccccc32)c2ccccc2-c2nc3ccccc3n21. The van der Waals surface area contributed by atoms with Gasteiger partial charge in [-0.2, -0.15) is 0 Å². The molecule has 0 saturated carbocycles. The van der Waals surface area contributed by atoms with E-state index < -0.39 is 0 Å².